The summed E-state index contributed by atoms with van der Waals surface area (Å²) in [4.78, 5) is 27.6. The lowest BCUT2D eigenvalue weighted by Gasteiger charge is -2.47. The summed E-state index contributed by atoms with van der Waals surface area (Å²) in [5.74, 6) is -1.91. The molecule has 0 spiro atoms. The van der Waals surface area contributed by atoms with Crippen molar-refractivity contribution < 1.29 is 23.8 Å². The lowest BCUT2D eigenvalue weighted by molar-refractivity contribution is -0.151. The number of methoxy groups -OCH3 is 1. The van der Waals surface area contributed by atoms with Gasteiger partial charge < -0.3 is 15.2 Å². The minimum absolute atomic E-state index is 0.177. The zero-order valence-corrected chi connectivity index (χ0v) is 19.6. The number of amides is 1. The third-order valence-electron chi connectivity index (χ3n) is 7.73. The summed E-state index contributed by atoms with van der Waals surface area (Å²) in [7, 11) is 1.30. The van der Waals surface area contributed by atoms with E-state index in [-0.39, 0.29) is 17.9 Å². The number of hydrogen-bond donors (Lipinski definition) is 2. The molecule has 2 aromatic carbocycles. The van der Waals surface area contributed by atoms with Gasteiger partial charge in [-0.15, -0.1) is 0 Å². The smallest absolute Gasteiger partial charge is 0.407 e. The Morgan fingerprint density at radius 1 is 1.09 bits per heavy atom. The summed E-state index contributed by atoms with van der Waals surface area (Å²) in [6.07, 6.45) is 2.96. The van der Waals surface area contributed by atoms with E-state index >= 15 is 0 Å². The Morgan fingerprint density at radius 2 is 1.82 bits per heavy atom. The molecule has 4 rings (SSSR count). The van der Waals surface area contributed by atoms with Crippen LogP contribution in [-0.4, -0.2) is 48.3 Å². The largest absolute Gasteiger partial charge is 0.481 e. The Bertz CT molecular complexity index is 993. The highest BCUT2D eigenvalue weighted by molar-refractivity contribution is 5.83. The van der Waals surface area contributed by atoms with Gasteiger partial charge in [-0.3, -0.25) is 9.69 Å². The van der Waals surface area contributed by atoms with Crippen LogP contribution in [0.1, 0.15) is 43.2 Å². The van der Waals surface area contributed by atoms with Crippen molar-refractivity contribution in [3.63, 3.8) is 0 Å². The van der Waals surface area contributed by atoms with E-state index in [1.807, 2.05) is 18.2 Å². The highest BCUT2D eigenvalue weighted by Gasteiger charge is 2.57. The fourth-order valence-corrected chi connectivity index (χ4v) is 6.23. The second kappa shape index (κ2) is 10.6. The molecule has 1 saturated carbocycles. The van der Waals surface area contributed by atoms with E-state index in [1.54, 1.807) is 12.1 Å². The van der Waals surface area contributed by atoms with E-state index in [4.69, 9.17) is 4.74 Å². The third kappa shape index (κ3) is 4.80. The maximum Gasteiger partial charge on any atom is 0.407 e. The average Bonchev–Trinajstić information content (AvgIpc) is 3.29. The van der Waals surface area contributed by atoms with Crippen molar-refractivity contribution in [1.82, 2.24) is 10.2 Å². The number of aliphatic carboxylic acids is 1. The topological polar surface area (TPSA) is 78.9 Å². The first-order chi connectivity index (χ1) is 16.4. The summed E-state index contributed by atoms with van der Waals surface area (Å²) >= 11 is 0. The van der Waals surface area contributed by atoms with Gasteiger partial charge in [-0.05, 0) is 73.9 Å². The van der Waals surface area contributed by atoms with Gasteiger partial charge in [-0.2, -0.15) is 0 Å². The van der Waals surface area contributed by atoms with Crippen LogP contribution in [0.25, 0.3) is 0 Å². The number of halogens is 1. The van der Waals surface area contributed by atoms with Gasteiger partial charge in [0, 0.05) is 12.6 Å². The Balaban J connectivity index is 1.65. The number of likely N-dealkylation sites (tertiary alicyclic amines) is 1. The van der Waals surface area contributed by atoms with Gasteiger partial charge in [-0.1, -0.05) is 48.9 Å². The van der Waals surface area contributed by atoms with E-state index in [0.29, 0.717) is 31.2 Å². The fraction of sp³-hybridized carbons (Fsp3) is 0.481. The van der Waals surface area contributed by atoms with Gasteiger partial charge >= 0.3 is 12.1 Å². The molecule has 6 nitrogen and oxygen atoms in total. The summed E-state index contributed by atoms with van der Waals surface area (Å²) in [6, 6.07) is 15.9. The van der Waals surface area contributed by atoms with E-state index in [1.165, 1.54) is 24.8 Å². The van der Waals surface area contributed by atoms with E-state index in [9.17, 15) is 19.1 Å². The molecule has 2 aliphatic rings. The van der Waals surface area contributed by atoms with Gasteiger partial charge in [0.2, 0.25) is 0 Å². The highest BCUT2D eigenvalue weighted by atomic mass is 19.1. The Labute approximate surface area is 200 Å². The number of benzene rings is 2. The lowest BCUT2D eigenvalue weighted by Crippen LogP contribution is -2.57. The number of carboxylic acids is 1. The van der Waals surface area contributed by atoms with Crippen molar-refractivity contribution in [2.75, 3.05) is 20.2 Å². The van der Waals surface area contributed by atoms with E-state index < -0.39 is 23.3 Å². The maximum absolute atomic E-state index is 14.4. The molecule has 1 aliphatic heterocycles. The molecular weight excluding hydrogens is 435 g/mol. The molecule has 0 bridgehead atoms. The van der Waals surface area contributed by atoms with Crippen LogP contribution >= 0.6 is 0 Å². The molecule has 7 heteroatoms. The van der Waals surface area contributed by atoms with Gasteiger partial charge in [0.1, 0.15) is 11.2 Å². The van der Waals surface area contributed by atoms with Gasteiger partial charge in [0.05, 0.1) is 7.11 Å². The second-order valence-corrected chi connectivity index (χ2v) is 9.50. The van der Waals surface area contributed by atoms with E-state index in [0.717, 1.165) is 26.1 Å². The van der Waals surface area contributed by atoms with Crippen molar-refractivity contribution in [3.8, 4) is 0 Å². The first-order valence-electron chi connectivity index (χ1n) is 12.0. The van der Waals surface area contributed by atoms with Gasteiger partial charge in [-0.25, -0.2) is 9.18 Å². The zero-order chi connectivity index (χ0) is 24.1. The van der Waals surface area contributed by atoms with Crippen LogP contribution in [0.15, 0.2) is 54.6 Å². The normalized spacial score (nSPS) is 23.2. The van der Waals surface area contributed by atoms with Crippen LogP contribution in [0.4, 0.5) is 9.18 Å². The number of hydrogen-bond acceptors (Lipinski definition) is 4. The monoisotopic (exact) mass is 468 g/mol. The summed E-state index contributed by atoms with van der Waals surface area (Å²) < 4.78 is 19.2. The molecule has 182 valence electrons. The van der Waals surface area contributed by atoms with Crippen molar-refractivity contribution in [1.29, 1.82) is 0 Å². The average molecular weight is 469 g/mol. The Morgan fingerprint density at radius 3 is 2.47 bits per heavy atom. The Hall–Kier alpha value is -2.93. The standard InChI is InChI=1S/C27H33FN2O4/c1-34-26(33)29-24-12-6-11-23(24)27(25(31)32,21-9-5-10-22(28)17-21)20-13-15-30(16-14-20)18-19-7-3-2-4-8-19/h2-5,7-10,17,20,23-24H,6,11-16,18H2,1H3,(H,29,33)(H,31,32)/t23-,24-,27?/m0/s1. The third-order valence-corrected chi connectivity index (χ3v) is 7.73. The van der Waals surface area contributed by atoms with Gasteiger partial charge in [0.25, 0.3) is 0 Å². The summed E-state index contributed by atoms with van der Waals surface area (Å²) in [5, 5.41) is 13.7. The van der Waals surface area contributed by atoms with Crippen molar-refractivity contribution in [2.24, 2.45) is 11.8 Å². The molecule has 3 atom stereocenters. The number of rotatable bonds is 7. The molecule has 34 heavy (non-hydrogen) atoms. The number of alkyl carbamates (subject to hydrolysis) is 1. The second-order valence-electron chi connectivity index (χ2n) is 9.50. The highest BCUT2D eigenvalue weighted by Crippen LogP contribution is 2.51. The van der Waals surface area contributed by atoms with Crippen LogP contribution in [0.2, 0.25) is 0 Å². The molecule has 2 aromatic rings. The Kier molecular flexibility index (Phi) is 7.51. The quantitative estimate of drug-likeness (QED) is 0.622. The van der Waals surface area contributed by atoms with Crippen LogP contribution in [0.3, 0.4) is 0 Å². The molecular formula is C27H33FN2O4. The van der Waals surface area contributed by atoms with Gasteiger partial charge in [0.15, 0.2) is 0 Å². The molecule has 0 radical (unpaired) electrons. The van der Waals surface area contributed by atoms with Crippen LogP contribution in [-0.2, 0) is 21.5 Å². The number of nitrogens with one attached hydrogen (secondary N) is 1. The predicted octanol–water partition coefficient (Wildman–Crippen LogP) is 4.59. The van der Waals surface area contributed by atoms with Crippen LogP contribution in [0.5, 0.6) is 0 Å². The number of carbonyl (C=O) groups is 2. The zero-order valence-electron chi connectivity index (χ0n) is 19.6. The number of carboxylic acid groups (broad SMARTS) is 1. The van der Waals surface area contributed by atoms with Crippen molar-refractivity contribution in [2.45, 2.75) is 50.1 Å². The number of ether oxygens (including phenoxy) is 1. The minimum atomic E-state index is -1.29. The summed E-state index contributed by atoms with van der Waals surface area (Å²) in [5.41, 5.74) is 0.433. The SMILES string of the molecule is COC(=O)N[C@H]1CCC[C@@H]1C(C(=O)O)(c1cccc(F)c1)C1CCN(Cc2ccccc2)CC1. The first-order valence-corrected chi connectivity index (χ1v) is 12.0. The summed E-state index contributed by atoms with van der Waals surface area (Å²) in [6.45, 7) is 2.36. The maximum atomic E-state index is 14.4. The molecule has 1 aliphatic carbocycles. The molecule has 2 N–H and O–H groups in total. The van der Waals surface area contributed by atoms with Crippen LogP contribution in [0, 0.1) is 17.7 Å². The molecule has 1 unspecified atom stereocenters. The lowest BCUT2D eigenvalue weighted by atomic mass is 9.58. The van der Waals surface area contributed by atoms with Crippen molar-refractivity contribution >= 4 is 12.1 Å². The number of carbonyl (C=O) groups excluding carboxylic acids is 1. The number of nitrogens with zero attached hydrogens (tertiary/aromatic N) is 1. The predicted molar refractivity (Wildman–Crippen MR) is 127 cm³/mol. The molecule has 1 saturated heterocycles. The van der Waals surface area contributed by atoms with Crippen LogP contribution < -0.4 is 5.32 Å². The molecule has 0 aromatic heterocycles. The van der Waals surface area contributed by atoms with E-state index in [2.05, 4.69) is 22.3 Å². The fourth-order valence-electron chi connectivity index (χ4n) is 6.23. The molecule has 2 fully saturated rings. The molecule has 1 heterocycles. The molecule has 1 amide bonds. The first kappa shape index (κ1) is 24.2. The number of piperidine rings is 1. The minimum Gasteiger partial charge on any atom is -0.481 e. The van der Waals surface area contributed by atoms with Crippen molar-refractivity contribution in [3.05, 3.63) is 71.5 Å².